The van der Waals surface area contributed by atoms with Crippen molar-refractivity contribution in [3.05, 3.63) is 58.7 Å². The summed E-state index contributed by atoms with van der Waals surface area (Å²) in [7, 11) is 0. The van der Waals surface area contributed by atoms with Gasteiger partial charge in [-0.25, -0.2) is 9.97 Å². The van der Waals surface area contributed by atoms with Gasteiger partial charge < -0.3 is 15.2 Å². The minimum atomic E-state index is -0.184. The molecule has 1 aliphatic rings. The highest BCUT2D eigenvalue weighted by Gasteiger charge is 2.29. The number of hydrogen-bond donors (Lipinski definition) is 2. The Kier molecular flexibility index (Phi) is 5.44. The summed E-state index contributed by atoms with van der Waals surface area (Å²) >= 11 is 1.52. The lowest BCUT2D eigenvalue weighted by molar-refractivity contribution is -0.129. The maximum absolute atomic E-state index is 12.9. The van der Waals surface area contributed by atoms with Gasteiger partial charge in [0, 0.05) is 31.0 Å². The summed E-state index contributed by atoms with van der Waals surface area (Å²) in [6.45, 7) is 4.92. The van der Waals surface area contributed by atoms with Gasteiger partial charge >= 0.3 is 0 Å². The van der Waals surface area contributed by atoms with Crippen LogP contribution in [0.3, 0.4) is 0 Å². The van der Waals surface area contributed by atoms with Crippen molar-refractivity contribution < 1.29 is 9.59 Å². The number of likely N-dealkylation sites (tertiary alicyclic amines) is 1. The highest BCUT2D eigenvalue weighted by atomic mass is 32.1. The van der Waals surface area contributed by atoms with Gasteiger partial charge in [-0.2, -0.15) is 0 Å². The van der Waals surface area contributed by atoms with Gasteiger partial charge in [-0.1, -0.05) is 30.3 Å². The van der Waals surface area contributed by atoms with Crippen LogP contribution in [0.1, 0.15) is 33.4 Å². The molecule has 2 amide bonds. The lowest BCUT2D eigenvalue weighted by Gasteiger charge is -2.16. The number of aryl methyl sites for hydroxylation is 2. The standard InChI is InChI=1S/C21H23N5O2S/c1-13-22-11-17(23-13)10-18(27)26-9-8-16(12-26)25-21(28)19-20(29-14(2)24-19)15-6-4-3-5-7-15/h3-7,11,16H,8-10,12H2,1-2H3,(H,22,23)(H,25,28)/t16-/m0/s1. The Morgan fingerprint density at radius 2 is 2.07 bits per heavy atom. The lowest BCUT2D eigenvalue weighted by atomic mass is 10.1. The second kappa shape index (κ2) is 8.16. The second-order valence-corrected chi connectivity index (χ2v) is 8.45. The first kappa shape index (κ1) is 19.3. The lowest BCUT2D eigenvalue weighted by Crippen LogP contribution is -2.39. The van der Waals surface area contributed by atoms with E-state index < -0.39 is 0 Å². The normalized spacial score (nSPS) is 16.2. The maximum Gasteiger partial charge on any atom is 0.271 e. The summed E-state index contributed by atoms with van der Waals surface area (Å²) in [5, 5.41) is 3.92. The number of aromatic nitrogens is 3. The van der Waals surface area contributed by atoms with Gasteiger partial charge in [0.25, 0.3) is 5.91 Å². The van der Waals surface area contributed by atoms with Crippen molar-refractivity contribution in [3.8, 4) is 10.4 Å². The van der Waals surface area contributed by atoms with E-state index in [1.807, 2.05) is 44.2 Å². The number of nitrogens with zero attached hydrogens (tertiary/aromatic N) is 3. The molecule has 3 aromatic rings. The molecule has 0 aliphatic carbocycles. The van der Waals surface area contributed by atoms with Gasteiger partial charge in [0.05, 0.1) is 16.3 Å². The summed E-state index contributed by atoms with van der Waals surface area (Å²) in [6.07, 6.45) is 2.73. The fourth-order valence-electron chi connectivity index (χ4n) is 3.56. The van der Waals surface area contributed by atoms with Gasteiger partial charge in [-0.05, 0) is 25.8 Å². The van der Waals surface area contributed by atoms with Crippen LogP contribution in [-0.4, -0.2) is 50.8 Å². The molecule has 2 N–H and O–H groups in total. The van der Waals surface area contributed by atoms with Gasteiger partial charge in [-0.3, -0.25) is 9.59 Å². The van der Waals surface area contributed by atoms with Gasteiger partial charge in [-0.15, -0.1) is 11.3 Å². The number of carbonyl (C=O) groups is 2. The third-order valence-electron chi connectivity index (χ3n) is 4.96. The first-order valence-electron chi connectivity index (χ1n) is 9.61. The van der Waals surface area contributed by atoms with E-state index in [1.165, 1.54) is 11.3 Å². The number of rotatable bonds is 5. The molecule has 0 unspecified atom stereocenters. The predicted octanol–water partition coefficient (Wildman–Crippen LogP) is 2.72. The number of imidazole rings is 1. The van der Waals surface area contributed by atoms with Gasteiger partial charge in [0.2, 0.25) is 5.91 Å². The highest BCUT2D eigenvalue weighted by Crippen LogP contribution is 2.30. The molecular formula is C21H23N5O2S. The van der Waals surface area contributed by atoms with Crippen LogP contribution in [0.4, 0.5) is 0 Å². The maximum atomic E-state index is 12.9. The van der Waals surface area contributed by atoms with Crippen molar-refractivity contribution in [2.75, 3.05) is 13.1 Å². The molecule has 1 atom stereocenters. The van der Waals surface area contributed by atoms with E-state index in [-0.39, 0.29) is 17.9 Å². The van der Waals surface area contributed by atoms with Crippen LogP contribution in [0.15, 0.2) is 36.5 Å². The molecule has 0 spiro atoms. The zero-order valence-corrected chi connectivity index (χ0v) is 17.3. The van der Waals surface area contributed by atoms with Crippen LogP contribution in [0.5, 0.6) is 0 Å². The van der Waals surface area contributed by atoms with E-state index in [2.05, 4.69) is 20.3 Å². The summed E-state index contributed by atoms with van der Waals surface area (Å²) in [6, 6.07) is 9.75. The number of carbonyl (C=O) groups excluding carboxylic acids is 2. The Bertz CT molecular complexity index is 1030. The Morgan fingerprint density at radius 3 is 2.79 bits per heavy atom. The summed E-state index contributed by atoms with van der Waals surface area (Å²) in [5.74, 6) is 0.656. The predicted molar refractivity (Wildman–Crippen MR) is 112 cm³/mol. The van der Waals surface area contributed by atoms with Crippen molar-refractivity contribution in [2.24, 2.45) is 0 Å². The third kappa shape index (κ3) is 4.37. The molecular weight excluding hydrogens is 386 g/mol. The molecule has 150 valence electrons. The Balaban J connectivity index is 1.39. The summed E-state index contributed by atoms with van der Waals surface area (Å²) < 4.78 is 0. The first-order valence-corrected chi connectivity index (χ1v) is 10.4. The topological polar surface area (TPSA) is 91.0 Å². The number of benzene rings is 1. The molecule has 0 saturated carbocycles. The average Bonchev–Trinajstić information content (AvgIpc) is 3.43. The van der Waals surface area contributed by atoms with Crippen LogP contribution >= 0.6 is 11.3 Å². The molecule has 29 heavy (non-hydrogen) atoms. The smallest absolute Gasteiger partial charge is 0.271 e. The molecule has 8 heteroatoms. The number of hydrogen-bond acceptors (Lipinski definition) is 5. The Morgan fingerprint density at radius 1 is 1.28 bits per heavy atom. The molecule has 7 nitrogen and oxygen atoms in total. The first-order chi connectivity index (χ1) is 14.0. The molecule has 4 rings (SSSR count). The molecule has 1 fully saturated rings. The molecule has 3 heterocycles. The highest BCUT2D eigenvalue weighted by molar-refractivity contribution is 7.15. The van der Waals surface area contributed by atoms with Crippen molar-refractivity contribution in [1.29, 1.82) is 0 Å². The monoisotopic (exact) mass is 409 g/mol. The van der Waals surface area contributed by atoms with E-state index in [1.54, 1.807) is 11.1 Å². The molecule has 0 radical (unpaired) electrons. The van der Waals surface area contributed by atoms with Crippen LogP contribution < -0.4 is 5.32 Å². The minimum Gasteiger partial charge on any atom is -0.346 e. The van der Waals surface area contributed by atoms with E-state index in [0.29, 0.717) is 25.2 Å². The van der Waals surface area contributed by atoms with E-state index in [9.17, 15) is 9.59 Å². The van der Waals surface area contributed by atoms with Gasteiger partial charge in [0.15, 0.2) is 0 Å². The van der Waals surface area contributed by atoms with Crippen LogP contribution in [0.25, 0.3) is 10.4 Å². The molecule has 2 aromatic heterocycles. The quantitative estimate of drug-likeness (QED) is 0.678. The number of nitrogens with one attached hydrogen (secondary N) is 2. The summed E-state index contributed by atoms with van der Waals surface area (Å²) in [4.78, 5) is 39.8. The van der Waals surface area contributed by atoms with Crippen LogP contribution in [0.2, 0.25) is 0 Å². The Hall–Kier alpha value is -3.00. The van der Waals surface area contributed by atoms with E-state index >= 15 is 0 Å². The van der Waals surface area contributed by atoms with E-state index in [0.717, 1.165) is 33.4 Å². The second-order valence-electron chi connectivity index (χ2n) is 7.25. The third-order valence-corrected chi connectivity index (χ3v) is 5.98. The zero-order valence-electron chi connectivity index (χ0n) is 16.4. The van der Waals surface area contributed by atoms with Crippen LogP contribution in [-0.2, 0) is 11.2 Å². The largest absolute Gasteiger partial charge is 0.346 e. The van der Waals surface area contributed by atoms with Crippen molar-refractivity contribution in [1.82, 2.24) is 25.2 Å². The molecule has 1 saturated heterocycles. The number of H-pyrrole nitrogens is 1. The fourth-order valence-corrected chi connectivity index (χ4v) is 4.48. The number of thiazole rings is 1. The van der Waals surface area contributed by atoms with Crippen molar-refractivity contribution >= 4 is 23.2 Å². The zero-order chi connectivity index (χ0) is 20.4. The molecule has 1 aliphatic heterocycles. The average molecular weight is 410 g/mol. The van der Waals surface area contributed by atoms with Crippen molar-refractivity contribution in [2.45, 2.75) is 32.7 Å². The number of amides is 2. The fraction of sp³-hybridized carbons (Fsp3) is 0.333. The number of aromatic amines is 1. The summed E-state index contributed by atoms with van der Waals surface area (Å²) in [5.41, 5.74) is 2.25. The molecule has 0 bridgehead atoms. The molecule has 1 aromatic carbocycles. The SMILES string of the molecule is Cc1ncc(CC(=O)N2CC[C@H](NC(=O)c3nc(C)sc3-c3ccccc3)C2)[nH]1. The minimum absolute atomic E-state index is 0.0416. The van der Waals surface area contributed by atoms with Crippen molar-refractivity contribution in [3.63, 3.8) is 0 Å². The Labute approximate surface area is 173 Å². The van der Waals surface area contributed by atoms with E-state index in [4.69, 9.17) is 0 Å². The van der Waals surface area contributed by atoms with Crippen LogP contribution in [0, 0.1) is 13.8 Å². The van der Waals surface area contributed by atoms with Gasteiger partial charge in [0.1, 0.15) is 11.5 Å².